The molecule has 0 saturated heterocycles. The minimum Gasteiger partial charge on any atom is -0.458 e. The summed E-state index contributed by atoms with van der Waals surface area (Å²) in [5.74, 6) is -0.183. The lowest BCUT2D eigenvalue weighted by Crippen LogP contribution is -2.28. The zero-order valence-corrected chi connectivity index (χ0v) is 10.4. The maximum absolute atomic E-state index is 11.7. The molecule has 1 rings (SSSR count). The van der Waals surface area contributed by atoms with Crippen LogP contribution >= 0.6 is 0 Å². The highest BCUT2D eigenvalue weighted by Crippen LogP contribution is 2.20. The number of ether oxygens (including phenoxy) is 1. The zero-order chi connectivity index (χ0) is 12.2. The van der Waals surface area contributed by atoms with Crippen LogP contribution in [0.5, 0.6) is 0 Å². The van der Waals surface area contributed by atoms with E-state index in [-0.39, 0.29) is 12.1 Å². The highest BCUT2D eigenvalue weighted by Gasteiger charge is 2.25. The second-order valence-corrected chi connectivity index (χ2v) is 5.43. The lowest BCUT2D eigenvalue weighted by atomic mass is 9.97. The van der Waals surface area contributed by atoms with Crippen molar-refractivity contribution in [3.05, 3.63) is 12.2 Å². The fourth-order valence-corrected chi connectivity index (χ4v) is 1.56. The molecule has 0 aromatic rings. The van der Waals surface area contributed by atoms with Crippen LogP contribution in [0.2, 0.25) is 0 Å². The lowest BCUT2D eigenvalue weighted by Gasteiger charge is -2.23. The summed E-state index contributed by atoms with van der Waals surface area (Å²) in [5, 5.41) is 9.50. The molecule has 0 aliphatic heterocycles. The van der Waals surface area contributed by atoms with E-state index in [1.807, 2.05) is 26.8 Å². The van der Waals surface area contributed by atoms with E-state index < -0.39 is 11.5 Å². The van der Waals surface area contributed by atoms with Crippen LogP contribution in [0.15, 0.2) is 12.2 Å². The van der Waals surface area contributed by atoms with Gasteiger partial charge in [-0.25, -0.2) is 0 Å². The first-order chi connectivity index (χ1) is 7.39. The quantitative estimate of drug-likeness (QED) is 0.552. The number of rotatable bonds is 1. The Labute approximate surface area is 97.5 Å². The summed E-state index contributed by atoms with van der Waals surface area (Å²) >= 11 is 0. The van der Waals surface area contributed by atoms with Crippen LogP contribution in [0.4, 0.5) is 0 Å². The third-order valence-corrected chi connectivity index (χ3v) is 2.66. The van der Waals surface area contributed by atoms with E-state index in [4.69, 9.17) is 4.74 Å². The summed E-state index contributed by atoms with van der Waals surface area (Å²) in [6.07, 6.45) is 6.60. The first-order valence-electron chi connectivity index (χ1n) is 5.97. The van der Waals surface area contributed by atoms with Gasteiger partial charge in [0.15, 0.2) is 0 Å². The standard InChI is InChI=1S/C13H22O3/c1-13(2,3)12(15)16-11-7-5-4-6-10(14)8-9-11/h8-11,14H,4-7H2,1-3H3. The van der Waals surface area contributed by atoms with Crippen molar-refractivity contribution < 1.29 is 14.6 Å². The lowest BCUT2D eigenvalue weighted by molar-refractivity contribution is -0.156. The van der Waals surface area contributed by atoms with Gasteiger partial charge in [-0.1, -0.05) is 12.5 Å². The van der Waals surface area contributed by atoms with Gasteiger partial charge in [-0.15, -0.1) is 0 Å². The van der Waals surface area contributed by atoms with E-state index in [2.05, 4.69) is 0 Å². The number of carbonyl (C=O) groups is 1. The Hall–Kier alpha value is -0.830. The van der Waals surface area contributed by atoms with Crippen molar-refractivity contribution in [1.29, 1.82) is 0 Å². The molecule has 0 fully saturated rings. The number of esters is 1. The Morgan fingerprint density at radius 2 is 1.88 bits per heavy atom. The van der Waals surface area contributed by atoms with Crippen molar-refractivity contribution >= 4 is 5.97 Å². The molecular weight excluding hydrogens is 204 g/mol. The highest BCUT2D eigenvalue weighted by atomic mass is 16.5. The molecule has 0 heterocycles. The molecule has 2 unspecified atom stereocenters. The molecule has 0 radical (unpaired) electrons. The summed E-state index contributed by atoms with van der Waals surface area (Å²) in [6.45, 7) is 5.53. The third kappa shape index (κ3) is 4.35. The Balaban J connectivity index is 2.55. The SMILES string of the molecule is CC(C)(C)C(=O)OC1C=CC(O)CCCC1. The molecule has 92 valence electrons. The van der Waals surface area contributed by atoms with Gasteiger partial charge < -0.3 is 9.84 Å². The van der Waals surface area contributed by atoms with E-state index in [0.717, 1.165) is 25.7 Å². The Bertz CT molecular complexity index is 263. The molecule has 0 bridgehead atoms. The predicted octanol–water partition coefficient (Wildman–Crippen LogP) is 2.44. The monoisotopic (exact) mass is 226 g/mol. The topological polar surface area (TPSA) is 46.5 Å². The fraction of sp³-hybridized carbons (Fsp3) is 0.769. The summed E-state index contributed by atoms with van der Waals surface area (Å²) < 4.78 is 5.40. The van der Waals surface area contributed by atoms with Crippen LogP contribution in [0.1, 0.15) is 46.5 Å². The summed E-state index contributed by atoms with van der Waals surface area (Å²) in [4.78, 5) is 11.7. The molecule has 1 N–H and O–H groups in total. The van der Waals surface area contributed by atoms with Crippen LogP contribution in [-0.4, -0.2) is 23.3 Å². The molecule has 1 aliphatic carbocycles. The Morgan fingerprint density at radius 1 is 1.25 bits per heavy atom. The van der Waals surface area contributed by atoms with Gasteiger partial charge in [0.1, 0.15) is 6.10 Å². The van der Waals surface area contributed by atoms with E-state index in [0.29, 0.717) is 0 Å². The zero-order valence-electron chi connectivity index (χ0n) is 10.4. The number of hydrogen-bond acceptors (Lipinski definition) is 3. The molecule has 2 atom stereocenters. The van der Waals surface area contributed by atoms with Gasteiger partial charge >= 0.3 is 5.97 Å². The van der Waals surface area contributed by atoms with Gasteiger partial charge in [-0.3, -0.25) is 4.79 Å². The smallest absolute Gasteiger partial charge is 0.311 e. The van der Waals surface area contributed by atoms with Crippen LogP contribution in [0, 0.1) is 5.41 Å². The average molecular weight is 226 g/mol. The molecule has 0 spiro atoms. The van der Waals surface area contributed by atoms with Gasteiger partial charge in [0.25, 0.3) is 0 Å². The Kier molecular flexibility index (Phi) is 4.54. The van der Waals surface area contributed by atoms with Crippen molar-refractivity contribution in [2.45, 2.75) is 58.7 Å². The minimum absolute atomic E-state index is 0.179. The molecule has 0 amide bonds. The molecule has 3 heteroatoms. The minimum atomic E-state index is -0.463. The van der Waals surface area contributed by atoms with Crippen molar-refractivity contribution in [3.8, 4) is 0 Å². The second kappa shape index (κ2) is 5.48. The molecule has 1 aliphatic rings. The molecular formula is C13H22O3. The van der Waals surface area contributed by atoms with Gasteiger partial charge in [0.05, 0.1) is 11.5 Å². The van der Waals surface area contributed by atoms with Gasteiger partial charge in [0, 0.05) is 0 Å². The second-order valence-electron chi connectivity index (χ2n) is 5.43. The van der Waals surface area contributed by atoms with Crippen molar-refractivity contribution in [1.82, 2.24) is 0 Å². The van der Waals surface area contributed by atoms with Gasteiger partial charge in [0.2, 0.25) is 0 Å². The highest BCUT2D eigenvalue weighted by molar-refractivity contribution is 5.75. The van der Waals surface area contributed by atoms with Crippen LogP contribution < -0.4 is 0 Å². The van der Waals surface area contributed by atoms with Gasteiger partial charge in [-0.05, 0) is 46.1 Å². The van der Waals surface area contributed by atoms with Crippen LogP contribution in [0.3, 0.4) is 0 Å². The van der Waals surface area contributed by atoms with E-state index in [1.165, 1.54) is 0 Å². The third-order valence-electron chi connectivity index (χ3n) is 2.66. The summed E-state index contributed by atoms with van der Waals surface area (Å²) in [7, 11) is 0. The predicted molar refractivity (Wildman–Crippen MR) is 62.9 cm³/mol. The first-order valence-corrected chi connectivity index (χ1v) is 5.97. The molecule has 0 saturated carbocycles. The van der Waals surface area contributed by atoms with Crippen LogP contribution in [-0.2, 0) is 9.53 Å². The van der Waals surface area contributed by atoms with Crippen molar-refractivity contribution in [3.63, 3.8) is 0 Å². The number of carbonyl (C=O) groups excluding carboxylic acids is 1. The first kappa shape index (κ1) is 13.2. The van der Waals surface area contributed by atoms with E-state index in [1.54, 1.807) is 6.08 Å². The molecule has 3 nitrogen and oxygen atoms in total. The maximum Gasteiger partial charge on any atom is 0.311 e. The largest absolute Gasteiger partial charge is 0.458 e. The van der Waals surface area contributed by atoms with Crippen LogP contribution in [0.25, 0.3) is 0 Å². The molecule has 16 heavy (non-hydrogen) atoms. The average Bonchev–Trinajstić information content (AvgIpc) is 2.15. The van der Waals surface area contributed by atoms with E-state index >= 15 is 0 Å². The van der Waals surface area contributed by atoms with Gasteiger partial charge in [-0.2, -0.15) is 0 Å². The number of aliphatic hydroxyl groups excluding tert-OH is 1. The number of aliphatic hydroxyl groups is 1. The summed E-state index contributed by atoms with van der Waals surface area (Å²) in [6, 6.07) is 0. The van der Waals surface area contributed by atoms with E-state index in [9.17, 15) is 9.90 Å². The van der Waals surface area contributed by atoms with Crippen molar-refractivity contribution in [2.24, 2.45) is 5.41 Å². The number of hydrogen-bond donors (Lipinski definition) is 1. The van der Waals surface area contributed by atoms with Crippen molar-refractivity contribution in [2.75, 3.05) is 0 Å². The molecule has 0 aromatic carbocycles. The summed E-state index contributed by atoms with van der Waals surface area (Å²) in [5.41, 5.74) is -0.463. The normalized spacial score (nSPS) is 27.0. The molecule has 0 aromatic heterocycles. The maximum atomic E-state index is 11.7. The fourth-order valence-electron chi connectivity index (χ4n) is 1.56. The Morgan fingerprint density at radius 3 is 2.50 bits per heavy atom.